The van der Waals surface area contributed by atoms with E-state index in [2.05, 4.69) is 10.3 Å². The van der Waals surface area contributed by atoms with Gasteiger partial charge in [-0.3, -0.25) is 4.79 Å². The lowest BCUT2D eigenvalue weighted by Gasteiger charge is -2.20. The van der Waals surface area contributed by atoms with Gasteiger partial charge in [0.2, 0.25) is 5.91 Å². The maximum atomic E-state index is 12.9. The summed E-state index contributed by atoms with van der Waals surface area (Å²) in [6.07, 6.45) is 2.46. The highest BCUT2D eigenvalue weighted by Crippen LogP contribution is 2.25. The highest BCUT2D eigenvalue weighted by molar-refractivity contribution is 7.13. The van der Waals surface area contributed by atoms with Crippen molar-refractivity contribution in [2.45, 2.75) is 18.9 Å². The van der Waals surface area contributed by atoms with E-state index in [1.54, 1.807) is 20.5 Å². The molecule has 2 heterocycles. The van der Waals surface area contributed by atoms with Gasteiger partial charge < -0.3 is 19.2 Å². The van der Waals surface area contributed by atoms with Crippen LogP contribution in [0, 0.1) is 0 Å². The standard InChI is InChI=1S/C25H24N2O4S/c1-29-20-9-5-17(6-10-20)14-22(18-7-11-21(30-2)12-8-18)27-24(28)15-19-16-32-25(26-19)23-4-3-13-31-23/h3-13,16,22H,14-15H2,1-2H3,(H,27,28)/t22-/m1/s1. The fourth-order valence-corrected chi connectivity index (χ4v) is 4.18. The molecule has 0 aliphatic carbocycles. The zero-order valence-corrected chi connectivity index (χ0v) is 18.7. The summed E-state index contributed by atoms with van der Waals surface area (Å²) in [5, 5.41) is 5.83. The Bertz CT molecular complexity index is 1140. The Morgan fingerprint density at radius 2 is 1.72 bits per heavy atom. The van der Waals surface area contributed by atoms with Crippen molar-refractivity contribution in [3.63, 3.8) is 0 Å². The molecule has 7 heteroatoms. The summed E-state index contributed by atoms with van der Waals surface area (Å²) in [5.74, 6) is 2.19. The van der Waals surface area contributed by atoms with Gasteiger partial charge in [0.25, 0.3) is 0 Å². The molecule has 4 rings (SSSR count). The Balaban J connectivity index is 1.48. The molecule has 1 amide bonds. The van der Waals surface area contributed by atoms with Crippen LogP contribution in [0.5, 0.6) is 11.5 Å². The van der Waals surface area contributed by atoms with E-state index in [-0.39, 0.29) is 18.4 Å². The Hall–Kier alpha value is -3.58. The van der Waals surface area contributed by atoms with Gasteiger partial charge in [0, 0.05) is 5.38 Å². The summed E-state index contributed by atoms with van der Waals surface area (Å²) >= 11 is 1.46. The van der Waals surface area contributed by atoms with Gasteiger partial charge in [-0.15, -0.1) is 11.3 Å². The Morgan fingerprint density at radius 3 is 2.34 bits per heavy atom. The van der Waals surface area contributed by atoms with Crippen molar-refractivity contribution in [1.82, 2.24) is 10.3 Å². The molecule has 2 aromatic carbocycles. The van der Waals surface area contributed by atoms with Gasteiger partial charge in [0.15, 0.2) is 10.8 Å². The van der Waals surface area contributed by atoms with Crippen LogP contribution < -0.4 is 14.8 Å². The number of hydrogen-bond donors (Lipinski definition) is 1. The number of furan rings is 1. The first-order valence-electron chi connectivity index (χ1n) is 10.2. The second kappa shape index (κ2) is 10.2. The topological polar surface area (TPSA) is 73.6 Å². The summed E-state index contributed by atoms with van der Waals surface area (Å²) in [4.78, 5) is 17.4. The van der Waals surface area contributed by atoms with E-state index in [1.807, 2.05) is 66.0 Å². The molecular weight excluding hydrogens is 424 g/mol. The third kappa shape index (κ3) is 5.36. The van der Waals surface area contributed by atoms with Crippen molar-refractivity contribution >= 4 is 17.2 Å². The molecule has 164 valence electrons. The highest BCUT2D eigenvalue weighted by atomic mass is 32.1. The summed E-state index contributed by atoms with van der Waals surface area (Å²) in [5.41, 5.74) is 2.82. The number of benzene rings is 2. The second-order valence-corrected chi connectivity index (χ2v) is 8.10. The van der Waals surface area contributed by atoms with Crippen molar-refractivity contribution in [3.05, 3.63) is 89.1 Å². The molecule has 32 heavy (non-hydrogen) atoms. The van der Waals surface area contributed by atoms with Gasteiger partial charge >= 0.3 is 0 Å². The number of nitrogens with zero attached hydrogens (tertiary/aromatic N) is 1. The van der Waals surface area contributed by atoms with Crippen molar-refractivity contribution < 1.29 is 18.7 Å². The maximum absolute atomic E-state index is 12.9. The number of thiazole rings is 1. The molecule has 0 radical (unpaired) electrons. The number of methoxy groups -OCH3 is 2. The number of amides is 1. The van der Waals surface area contributed by atoms with Crippen LogP contribution in [0.3, 0.4) is 0 Å². The normalized spacial score (nSPS) is 11.7. The molecule has 0 saturated carbocycles. The average Bonchev–Trinajstić information content (AvgIpc) is 3.51. The number of carbonyl (C=O) groups excluding carboxylic acids is 1. The van der Waals surface area contributed by atoms with Gasteiger partial charge in [0.05, 0.1) is 38.6 Å². The molecule has 0 fully saturated rings. The average molecular weight is 449 g/mol. The SMILES string of the molecule is COc1ccc(C[C@@H](NC(=O)Cc2csc(-c3ccco3)n2)c2ccc(OC)cc2)cc1. The number of nitrogens with one attached hydrogen (secondary N) is 1. The van der Waals surface area contributed by atoms with E-state index < -0.39 is 0 Å². The molecule has 0 saturated heterocycles. The predicted octanol–water partition coefficient (Wildman–Crippen LogP) is 5.06. The molecule has 1 atom stereocenters. The van der Waals surface area contributed by atoms with Crippen LogP contribution in [0.2, 0.25) is 0 Å². The van der Waals surface area contributed by atoms with Crippen LogP contribution in [0.1, 0.15) is 22.9 Å². The van der Waals surface area contributed by atoms with Crippen molar-refractivity contribution in [3.8, 4) is 22.3 Å². The van der Waals surface area contributed by atoms with Crippen LogP contribution in [-0.4, -0.2) is 25.1 Å². The molecule has 0 spiro atoms. The van der Waals surface area contributed by atoms with Crippen molar-refractivity contribution in [1.29, 1.82) is 0 Å². The van der Waals surface area contributed by atoms with Gasteiger partial charge in [-0.1, -0.05) is 24.3 Å². The molecule has 1 N–H and O–H groups in total. The van der Waals surface area contributed by atoms with Crippen LogP contribution in [-0.2, 0) is 17.6 Å². The lowest BCUT2D eigenvalue weighted by Crippen LogP contribution is -2.31. The highest BCUT2D eigenvalue weighted by Gasteiger charge is 2.18. The van der Waals surface area contributed by atoms with Crippen LogP contribution in [0.25, 0.3) is 10.8 Å². The third-order valence-corrected chi connectivity index (χ3v) is 5.98. The fourth-order valence-electron chi connectivity index (χ4n) is 3.40. The zero-order chi connectivity index (χ0) is 22.3. The molecule has 6 nitrogen and oxygen atoms in total. The van der Waals surface area contributed by atoms with E-state index in [9.17, 15) is 4.79 Å². The van der Waals surface area contributed by atoms with Crippen LogP contribution >= 0.6 is 11.3 Å². The minimum Gasteiger partial charge on any atom is -0.497 e. The first kappa shape index (κ1) is 21.6. The number of hydrogen-bond acceptors (Lipinski definition) is 6. The molecule has 0 aliphatic rings. The van der Waals surface area contributed by atoms with Gasteiger partial charge in [0.1, 0.15) is 11.5 Å². The number of aromatic nitrogens is 1. The number of ether oxygens (including phenoxy) is 2. The van der Waals surface area contributed by atoms with Crippen LogP contribution in [0.4, 0.5) is 0 Å². The van der Waals surface area contributed by atoms with Crippen LogP contribution in [0.15, 0.2) is 76.7 Å². The van der Waals surface area contributed by atoms with Gasteiger partial charge in [-0.2, -0.15) is 0 Å². The summed E-state index contributed by atoms with van der Waals surface area (Å²) in [6, 6.07) is 19.1. The largest absolute Gasteiger partial charge is 0.497 e. The van der Waals surface area contributed by atoms with Gasteiger partial charge in [-0.25, -0.2) is 4.98 Å². The van der Waals surface area contributed by atoms with Crippen molar-refractivity contribution in [2.75, 3.05) is 14.2 Å². The maximum Gasteiger partial charge on any atom is 0.226 e. The first-order chi connectivity index (χ1) is 15.6. The molecule has 4 aromatic rings. The molecule has 0 bridgehead atoms. The minimum atomic E-state index is -0.190. The van der Waals surface area contributed by atoms with Crippen molar-refractivity contribution in [2.24, 2.45) is 0 Å². The molecule has 0 unspecified atom stereocenters. The van der Waals surface area contributed by atoms with E-state index in [1.165, 1.54) is 11.3 Å². The lowest BCUT2D eigenvalue weighted by molar-refractivity contribution is -0.121. The monoisotopic (exact) mass is 448 g/mol. The van der Waals surface area contributed by atoms with Gasteiger partial charge in [-0.05, 0) is 53.9 Å². The Morgan fingerprint density at radius 1 is 1.03 bits per heavy atom. The minimum absolute atomic E-state index is 0.0874. The Kier molecular flexibility index (Phi) is 6.87. The predicted molar refractivity (Wildman–Crippen MR) is 124 cm³/mol. The number of rotatable bonds is 9. The summed E-state index contributed by atoms with van der Waals surface area (Å²) < 4.78 is 15.9. The zero-order valence-electron chi connectivity index (χ0n) is 17.9. The molecular formula is C25H24N2O4S. The quantitative estimate of drug-likeness (QED) is 0.387. The lowest BCUT2D eigenvalue weighted by atomic mass is 9.98. The third-order valence-electron chi connectivity index (χ3n) is 5.08. The Labute approximate surface area is 190 Å². The molecule has 0 aliphatic heterocycles. The smallest absolute Gasteiger partial charge is 0.226 e. The second-order valence-electron chi connectivity index (χ2n) is 7.24. The first-order valence-corrected chi connectivity index (χ1v) is 11.1. The van der Waals surface area contributed by atoms with E-state index in [4.69, 9.17) is 13.9 Å². The fraction of sp³-hybridized carbons (Fsp3) is 0.200. The summed E-state index contributed by atoms with van der Waals surface area (Å²) in [6.45, 7) is 0. The van der Waals surface area contributed by atoms with E-state index in [0.717, 1.165) is 33.3 Å². The number of carbonyl (C=O) groups is 1. The molecule has 2 aromatic heterocycles. The van der Waals surface area contributed by atoms with E-state index in [0.29, 0.717) is 12.2 Å². The summed E-state index contributed by atoms with van der Waals surface area (Å²) in [7, 11) is 3.28. The van der Waals surface area contributed by atoms with E-state index >= 15 is 0 Å².